The summed E-state index contributed by atoms with van der Waals surface area (Å²) >= 11 is 5.97. The molecule has 0 radical (unpaired) electrons. The number of hydrogen-bond acceptors (Lipinski definition) is 4. The van der Waals surface area contributed by atoms with Crippen LogP contribution in [0.3, 0.4) is 0 Å². The number of benzene rings is 1. The molecule has 7 nitrogen and oxygen atoms in total. The molecule has 1 aromatic rings. The van der Waals surface area contributed by atoms with Crippen LogP contribution in [0.5, 0.6) is 0 Å². The summed E-state index contributed by atoms with van der Waals surface area (Å²) in [7, 11) is 0. The van der Waals surface area contributed by atoms with Gasteiger partial charge in [-0.2, -0.15) is 0 Å². The lowest BCUT2D eigenvalue weighted by molar-refractivity contribution is -0.142. The molecule has 3 heterocycles. The predicted molar refractivity (Wildman–Crippen MR) is 132 cm³/mol. The monoisotopic (exact) mass is 497 g/mol. The molecular weight excluding hydrogens is 466 g/mol. The van der Waals surface area contributed by atoms with Gasteiger partial charge in [0.25, 0.3) is 0 Å². The van der Waals surface area contributed by atoms with Gasteiger partial charge < -0.3 is 20.3 Å². The van der Waals surface area contributed by atoms with Crippen LogP contribution in [-0.4, -0.2) is 52.5 Å². The first-order chi connectivity index (χ1) is 16.8. The molecule has 35 heavy (non-hydrogen) atoms. The quantitative estimate of drug-likeness (QED) is 0.609. The zero-order valence-corrected chi connectivity index (χ0v) is 20.8. The van der Waals surface area contributed by atoms with Crippen LogP contribution in [0.25, 0.3) is 0 Å². The van der Waals surface area contributed by atoms with Crippen molar-refractivity contribution in [3.63, 3.8) is 0 Å². The van der Waals surface area contributed by atoms with Crippen molar-refractivity contribution in [1.82, 2.24) is 10.2 Å². The van der Waals surface area contributed by atoms with E-state index in [0.717, 1.165) is 25.7 Å². The third kappa shape index (κ3) is 3.61. The van der Waals surface area contributed by atoms with E-state index >= 15 is 0 Å². The van der Waals surface area contributed by atoms with Crippen LogP contribution < -0.4 is 10.6 Å². The number of carbonyl (C=O) groups is 3. The predicted octanol–water partition coefficient (Wildman–Crippen LogP) is 3.53. The third-order valence-corrected chi connectivity index (χ3v) is 9.20. The number of ether oxygens (including phenoxy) is 1. The van der Waals surface area contributed by atoms with E-state index in [4.69, 9.17) is 16.3 Å². The Balaban J connectivity index is 1.28. The first-order valence-electron chi connectivity index (χ1n) is 12.9. The average Bonchev–Trinajstić information content (AvgIpc) is 3.42. The minimum absolute atomic E-state index is 0.0388. The van der Waals surface area contributed by atoms with Crippen LogP contribution >= 0.6 is 11.6 Å². The fourth-order valence-electron chi connectivity index (χ4n) is 6.76. The van der Waals surface area contributed by atoms with Crippen molar-refractivity contribution in [1.29, 1.82) is 0 Å². The first-order valence-corrected chi connectivity index (χ1v) is 13.2. The molecule has 0 aromatic heterocycles. The SMILES string of the molecule is C[C@@H]1[C@H](C)CCC[C@@H]1NC(=O)[C@@H]1N(C2CC2)C(=O)[C@H]2[C@@H](C(=O)Nc3ccc(Cl)cc3)[C@H]3C=C[C@@]12O3. The van der Waals surface area contributed by atoms with Gasteiger partial charge in [-0.1, -0.05) is 50.4 Å². The molecule has 8 heteroatoms. The summed E-state index contributed by atoms with van der Waals surface area (Å²) in [4.78, 5) is 42.8. The highest BCUT2D eigenvalue weighted by Gasteiger charge is 2.74. The lowest BCUT2D eigenvalue weighted by Crippen LogP contribution is -2.58. The Morgan fingerprint density at radius 3 is 2.54 bits per heavy atom. The fourth-order valence-corrected chi connectivity index (χ4v) is 6.88. The number of halogens is 1. The van der Waals surface area contributed by atoms with E-state index in [1.54, 1.807) is 29.2 Å². The summed E-state index contributed by atoms with van der Waals surface area (Å²) in [5.41, 5.74) is -0.487. The summed E-state index contributed by atoms with van der Waals surface area (Å²) in [6, 6.07) is 6.26. The van der Waals surface area contributed by atoms with E-state index < -0.39 is 29.6 Å². The van der Waals surface area contributed by atoms with E-state index in [9.17, 15) is 14.4 Å². The highest BCUT2D eigenvalue weighted by Crippen LogP contribution is 2.57. The van der Waals surface area contributed by atoms with Gasteiger partial charge in [0.2, 0.25) is 17.7 Å². The van der Waals surface area contributed by atoms with E-state index in [2.05, 4.69) is 24.5 Å². The van der Waals surface area contributed by atoms with Crippen LogP contribution in [-0.2, 0) is 19.1 Å². The van der Waals surface area contributed by atoms with Crippen LogP contribution in [0, 0.1) is 23.7 Å². The standard InChI is InChI=1S/C27H32ClN3O4/c1-14-4-3-5-19(15(14)2)30-25(33)23-27-13-12-20(35-27)21(22(27)26(34)31(23)18-10-11-18)24(32)29-17-8-6-16(28)7-9-17/h6-9,12-15,18-23H,3-5,10-11H2,1-2H3,(H,29,32)(H,30,33)/t14-,15-,19+,20-,21+,22-,23+,27+/m1/s1. The van der Waals surface area contributed by atoms with Crippen molar-refractivity contribution >= 4 is 35.0 Å². The molecule has 3 aliphatic heterocycles. The molecule has 186 valence electrons. The van der Waals surface area contributed by atoms with E-state index in [1.807, 2.05) is 12.2 Å². The Morgan fingerprint density at radius 1 is 1.09 bits per heavy atom. The molecule has 6 rings (SSSR count). The Labute approximate surface area is 210 Å². The Morgan fingerprint density at radius 2 is 1.83 bits per heavy atom. The van der Waals surface area contributed by atoms with Crippen molar-refractivity contribution in [2.45, 2.75) is 75.8 Å². The molecule has 2 saturated heterocycles. The number of fused-ring (bicyclic) bond motifs is 1. The van der Waals surface area contributed by atoms with E-state index in [1.165, 1.54) is 6.42 Å². The van der Waals surface area contributed by atoms with E-state index in [-0.39, 0.29) is 29.8 Å². The second-order valence-electron chi connectivity index (χ2n) is 11.1. The maximum absolute atomic E-state index is 13.8. The van der Waals surface area contributed by atoms with Crippen molar-refractivity contribution < 1.29 is 19.1 Å². The topological polar surface area (TPSA) is 87.7 Å². The van der Waals surface area contributed by atoms with Gasteiger partial charge >= 0.3 is 0 Å². The molecule has 4 fully saturated rings. The minimum Gasteiger partial charge on any atom is -0.359 e. The highest BCUT2D eigenvalue weighted by atomic mass is 35.5. The largest absolute Gasteiger partial charge is 0.359 e. The van der Waals surface area contributed by atoms with Gasteiger partial charge in [0.05, 0.1) is 17.9 Å². The number of anilines is 1. The molecule has 0 unspecified atom stereocenters. The number of amides is 3. The van der Waals surface area contributed by atoms with Crippen molar-refractivity contribution in [3.05, 3.63) is 41.4 Å². The molecule has 8 atom stereocenters. The molecule has 3 amide bonds. The molecule has 1 spiro atoms. The van der Waals surface area contributed by atoms with Crippen LogP contribution in [0.4, 0.5) is 5.69 Å². The number of nitrogens with zero attached hydrogens (tertiary/aromatic N) is 1. The van der Waals surface area contributed by atoms with Crippen LogP contribution in [0.15, 0.2) is 36.4 Å². The summed E-state index contributed by atoms with van der Waals surface area (Å²) in [5, 5.41) is 6.80. The van der Waals surface area contributed by atoms with Crippen molar-refractivity contribution in [2.75, 3.05) is 5.32 Å². The van der Waals surface area contributed by atoms with Gasteiger partial charge in [-0.3, -0.25) is 14.4 Å². The number of likely N-dealkylation sites (tertiary alicyclic amines) is 1. The fraction of sp³-hybridized carbons (Fsp3) is 0.593. The zero-order chi connectivity index (χ0) is 24.5. The zero-order valence-electron chi connectivity index (χ0n) is 20.1. The van der Waals surface area contributed by atoms with Crippen LogP contribution in [0.1, 0.15) is 46.0 Å². The number of hydrogen-bond donors (Lipinski definition) is 2. The molecule has 1 aromatic carbocycles. The molecule has 2 aliphatic carbocycles. The summed E-state index contributed by atoms with van der Waals surface area (Å²) < 4.78 is 6.41. The lowest BCUT2D eigenvalue weighted by Gasteiger charge is -2.38. The summed E-state index contributed by atoms with van der Waals surface area (Å²) in [6.45, 7) is 4.44. The van der Waals surface area contributed by atoms with Gasteiger partial charge in [0, 0.05) is 22.8 Å². The van der Waals surface area contributed by atoms with Gasteiger partial charge in [-0.25, -0.2) is 0 Å². The number of nitrogens with one attached hydrogen (secondary N) is 2. The molecule has 2 saturated carbocycles. The molecule has 5 aliphatic rings. The molecular formula is C27H32ClN3O4. The maximum atomic E-state index is 13.8. The highest BCUT2D eigenvalue weighted by molar-refractivity contribution is 6.30. The number of carbonyl (C=O) groups excluding carboxylic acids is 3. The molecule has 2 bridgehead atoms. The average molecular weight is 498 g/mol. The normalized spacial score (nSPS) is 39.6. The Hall–Kier alpha value is -2.38. The van der Waals surface area contributed by atoms with Gasteiger partial charge in [0.1, 0.15) is 11.6 Å². The van der Waals surface area contributed by atoms with Gasteiger partial charge in [0.15, 0.2) is 0 Å². The second kappa shape index (κ2) is 8.34. The van der Waals surface area contributed by atoms with Crippen molar-refractivity contribution in [2.24, 2.45) is 23.7 Å². The van der Waals surface area contributed by atoms with Crippen molar-refractivity contribution in [3.8, 4) is 0 Å². The smallest absolute Gasteiger partial charge is 0.246 e. The molecule has 2 N–H and O–H groups in total. The van der Waals surface area contributed by atoms with Gasteiger partial charge in [-0.05, 0) is 55.4 Å². The first kappa shape index (κ1) is 23.0. The second-order valence-corrected chi connectivity index (χ2v) is 11.5. The van der Waals surface area contributed by atoms with E-state index in [0.29, 0.717) is 22.5 Å². The van der Waals surface area contributed by atoms with Crippen LogP contribution in [0.2, 0.25) is 5.02 Å². The Bertz CT molecular complexity index is 1090. The third-order valence-electron chi connectivity index (χ3n) is 8.95. The van der Waals surface area contributed by atoms with Gasteiger partial charge in [-0.15, -0.1) is 0 Å². The number of rotatable bonds is 5. The summed E-state index contributed by atoms with van der Waals surface area (Å²) in [6.07, 6.45) is 8.18. The summed E-state index contributed by atoms with van der Waals surface area (Å²) in [5.74, 6) is -1.03. The maximum Gasteiger partial charge on any atom is 0.246 e. The lowest BCUT2D eigenvalue weighted by atomic mass is 9.73. The Kier molecular flexibility index (Phi) is 5.49. The minimum atomic E-state index is -1.10.